The zero-order valence-corrected chi connectivity index (χ0v) is 10.2. The Hall–Kier alpha value is -0.580. The molecule has 0 spiro atoms. The van der Waals surface area contributed by atoms with Gasteiger partial charge in [-0.05, 0) is 66.1 Å². The van der Waals surface area contributed by atoms with Gasteiger partial charge in [-0.2, -0.15) is 0 Å². The lowest BCUT2D eigenvalue weighted by Gasteiger charge is -2.05. The van der Waals surface area contributed by atoms with E-state index in [1.807, 2.05) is 18.2 Å². The van der Waals surface area contributed by atoms with Gasteiger partial charge in [0.25, 0.3) is 0 Å². The molecule has 0 atom stereocenters. The van der Waals surface area contributed by atoms with E-state index in [1.54, 1.807) is 0 Å². The van der Waals surface area contributed by atoms with Gasteiger partial charge in [-0.3, -0.25) is 4.79 Å². The first-order valence-corrected chi connectivity index (χ1v) is 5.82. The largest absolute Gasteiger partial charge is 0.326 e. The number of benzene rings is 1. The molecular formula is C11H12INO. The average molecular weight is 301 g/mol. The van der Waals surface area contributed by atoms with Crippen molar-refractivity contribution in [2.24, 2.45) is 5.92 Å². The lowest BCUT2D eigenvalue weighted by Crippen LogP contribution is -2.13. The van der Waals surface area contributed by atoms with Crippen LogP contribution in [0.4, 0.5) is 5.69 Å². The highest BCUT2D eigenvalue weighted by Gasteiger charge is 2.29. The molecule has 0 radical (unpaired) electrons. The molecule has 1 aliphatic carbocycles. The standard InChI is InChI=1S/C11H12INO/c1-7-6-9(4-5-10(7)12)13-11(14)8-2-3-8/h4-6,8H,2-3H2,1H3,(H,13,14). The van der Waals surface area contributed by atoms with Crippen LogP contribution in [0.5, 0.6) is 0 Å². The smallest absolute Gasteiger partial charge is 0.227 e. The lowest BCUT2D eigenvalue weighted by atomic mass is 10.2. The number of rotatable bonds is 2. The Bertz CT molecular complexity index is 372. The fourth-order valence-electron chi connectivity index (χ4n) is 1.31. The molecule has 0 heterocycles. The van der Waals surface area contributed by atoms with Crippen LogP contribution in [0.3, 0.4) is 0 Å². The number of hydrogen-bond donors (Lipinski definition) is 1. The number of hydrogen-bond acceptors (Lipinski definition) is 1. The van der Waals surface area contributed by atoms with Crippen LogP contribution in [0.2, 0.25) is 0 Å². The van der Waals surface area contributed by atoms with Gasteiger partial charge < -0.3 is 5.32 Å². The highest BCUT2D eigenvalue weighted by molar-refractivity contribution is 14.1. The molecule has 0 bridgehead atoms. The minimum atomic E-state index is 0.172. The second kappa shape index (κ2) is 3.88. The summed E-state index contributed by atoms with van der Waals surface area (Å²) in [5, 5.41) is 2.93. The molecule has 1 saturated carbocycles. The van der Waals surface area contributed by atoms with E-state index in [2.05, 4.69) is 34.8 Å². The Morgan fingerprint density at radius 3 is 2.79 bits per heavy atom. The summed E-state index contributed by atoms with van der Waals surface area (Å²) in [7, 11) is 0. The summed E-state index contributed by atoms with van der Waals surface area (Å²) >= 11 is 2.29. The first kappa shape index (κ1) is 9.96. The molecule has 2 nitrogen and oxygen atoms in total. The topological polar surface area (TPSA) is 29.1 Å². The number of amides is 1. The molecule has 1 aromatic rings. The van der Waals surface area contributed by atoms with E-state index in [9.17, 15) is 4.79 Å². The zero-order valence-electron chi connectivity index (χ0n) is 8.01. The molecule has 0 unspecified atom stereocenters. The van der Waals surface area contributed by atoms with Gasteiger partial charge in [0, 0.05) is 15.2 Å². The molecule has 74 valence electrons. The van der Waals surface area contributed by atoms with Gasteiger partial charge in [0.05, 0.1) is 0 Å². The normalized spacial score (nSPS) is 15.3. The third-order valence-electron chi connectivity index (χ3n) is 2.37. The molecule has 1 amide bonds. The van der Waals surface area contributed by atoms with Crippen molar-refractivity contribution in [3.8, 4) is 0 Å². The van der Waals surface area contributed by atoms with Gasteiger partial charge in [-0.25, -0.2) is 0 Å². The maximum absolute atomic E-state index is 11.5. The predicted octanol–water partition coefficient (Wildman–Crippen LogP) is 2.95. The number of aryl methyl sites for hydroxylation is 1. The van der Waals surface area contributed by atoms with E-state index in [-0.39, 0.29) is 11.8 Å². The van der Waals surface area contributed by atoms with Gasteiger partial charge in [0.15, 0.2) is 0 Å². The second-order valence-electron chi connectivity index (χ2n) is 3.73. The number of carbonyl (C=O) groups is 1. The van der Waals surface area contributed by atoms with Gasteiger partial charge in [0.2, 0.25) is 5.91 Å². The van der Waals surface area contributed by atoms with Crippen LogP contribution in [0.1, 0.15) is 18.4 Å². The van der Waals surface area contributed by atoms with E-state index in [4.69, 9.17) is 0 Å². The second-order valence-corrected chi connectivity index (χ2v) is 4.89. The predicted molar refractivity (Wildman–Crippen MR) is 65.2 cm³/mol. The summed E-state index contributed by atoms with van der Waals surface area (Å²) < 4.78 is 1.23. The van der Waals surface area contributed by atoms with Gasteiger partial charge in [0.1, 0.15) is 0 Å². The summed E-state index contributed by atoms with van der Waals surface area (Å²) in [6.07, 6.45) is 2.10. The van der Waals surface area contributed by atoms with E-state index in [1.165, 1.54) is 9.13 Å². The van der Waals surface area contributed by atoms with Gasteiger partial charge >= 0.3 is 0 Å². The maximum atomic E-state index is 11.5. The Labute approximate surface area is 97.2 Å². The van der Waals surface area contributed by atoms with Crippen LogP contribution in [0.25, 0.3) is 0 Å². The molecule has 1 N–H and O–H groups in total. The lowest BCUT2D eigenvalue weighted by molar-refractivity contribution is -0.117. The monoisotopic (exact) mass is 301 g/mol. The zero-order chi connectivity index (χ0) is 10.1. The summed E-state index contributed by atoms with van der Waals surface area (Å²) in [5.41, 5.74) is 2.12. The Balaban J connectivity index is 2.08. The molecular weight excluding hydrogens is 289 g/mol. The molecule has 3 heteroatoms. The van der Waals surface area contributed by atoms with Gasteiger partial charge in [-0.1, -0.05) is 0 Å². The van der Waals surface area contributed by atoms with Crippen LogP contribution in [-0.2, 0) is 4.79 Å². The van der Waals surface area contributed by atoms with E-state index in [0.717, 1.165) is 18.5 Å². The Kier molecular flexibility index (Phi) is 2.76. The van der Waals surface area contributed by atoms with E-state index >= 15 is 0 Å². The van der Waals surface area contributed by atoms with Crippen molar-refractivity contribution in [2.75, 3.05) is 5.32 Å². The number of carbonyl (C=O) groups excluding carboxylic acids is 1. The van der Waals surface area contributed by atoms with Crippen molar-refractivity contribution in [1.82, 2.24) is 0 Å². The van der Waals surface area contributed by atoms with Crippen molar-refractivity contribution in [3.63, 3.8) is 0 Å². The molecule has 0 aliphatic heterocycles. The summed E-state index contributed by atoms with van der Waals surface area (Å²) in [6, 6.07) is 6.00. The molecule has 1 fully saturated rings. The van der Waals surface area contributed by atoms with Gasteiger partial charge in [-0.15, -0.1) is 0 Å². The van der Waals surface area contributed by atoms with Crippen molar-refractivity contribution < 1.29 is 4.79 Å². The number of halogens is 1. The van der Waals surface area contributed by atoms with Crippen molar-refractivity contribution in [2.45, 2.75) is 19.8 Å². The van der Waals surface area contributed by atoms with Crippen LogP contribution in [0, 0.1) is 16.4 Å². The molecule has 2 rings (SSSR count). The van der Waals surface area contributed by atoms with E-state index < -0.39 is 0 Å². The fourth-order valence-corrected chi connectivity index (χ4v) is 1.65. The van der Waals surface area contributed by atoms with Crippen molar-refractivity contribution in [1.29, 1.82) is 0 Å². The third kappa shape index (κ3) is 2.26. The third-order valence-corrected chi connectivity index (χ3v) is 3.58. The molecule has 1 aromatic carbocycles. The van der Waals surface area contributed by atoms with Crippen molar-refractivity contribution >= 4 is 34.2 Å². The summed E-state index contributed by atoms with van der Waals surface area (Å²) in [6.45, 7) is 2.05. The minimum absolute atomic E-state index is 0.172. The van der Waals surface area contributed by atoms with E-state index in [0.29, 0.717) is 0 Å². The highest BCUT2D eigenvalue weighted by atomic mass is 127. The van der Waals surface area contributed by atoms with Crippen molar-refractivity contribution in [3.05, 3.63) is 27.3 Å². The van der Waals surface area contributed by atoms with Crippen LogP contribution >= 0.6 is 22.6 Å². The fraction of sp³-hybridized carbons (Fsp3) is 0.364. The van der Waals surface area contributed by atoms with Crippen LogP contribution in [-0.4, -0.2) is 5.91 Å². The Morgan fingerprint density at radius 2 is 2.21 bits per heavy atom. The van der Waals surface area contributed by atoms with Crippen LogP contribution < -0.4 is 5.32 Å². The average Bonchev–Trinajstić information content (AvgIpc) is 2.94. The first-order valence-electron chi connectivity index (χ1n) is 4.74. The number of anilines is 1. The Morgan fingerprint density at radius 1 is 1.50 bits per heavy atom. The molecule has 14 heavy (non-hydrogen) atoms. The maximum Gasteiger partial charge on any atom is 0.227 e. The first-order chi connectivity index (χ1) is 6.66. The van der Waals surface area contributed by atoms with Crippen LogP contribution in [0.15, 0.2) is 18.2 Å². The molecule has 1 aliphatic rings. The highest BCUT2D eigenvalue weighted by Crippen LogP contribution is 2.30. The minimum Gasteiger partial charge on any atom is -0.326 e. The number of nitrogens with one attached hydrogen (secondary N) is 1. The summed E-state index contributed by atoms with van der Waals surface area (Å²) in [5.74, 6) is 0.445. The quantitative estimate of drug-likeness (QED) is 0.836. The summed E-state index contributed by atoms with van der Waals surface area (Å²) in [4.78, 5) is 11.5. The SMILES string of the molecule is Cc1cc(NC(=O)C2CC2)ccc1I. The molecule has 0 saturated heterocycles. The molecule has 0 aromatic heterocycles.